The van der Waals surface area contributed by atoms with Gasteiger partial charge in [0.2, 0.25) is 0 Å². The first-order valence-corrected chi connectivity index (χ1v) is 9.05. The van der Waals surface area contributed by atoms with Crippen molar-refractivity contribution >= 4 is 29.1 Å². The van der Waals surface area contributed by atoms with Crippen molar-refractivity contribution in [1.82, 2.24) is 4.90 Å². The molecule has 1 N–H and O–H groups in total. The van der Waals surface area contributed by atoms with E-state index in [0.29, 0.717) is 16.3 Å². The van der Waals surface area contributed by atoms with Crippen LogP contribution in [0, 0.1) is 0 Å². The quantitative estimate of drug-likeness (QED) is 0.401. The van der Waals surface area contributed by atoms with Crippen molar-refractivity contribution in [3.8, 4) is 0 Å². The van der Waals surface area contributed by atoms with Gasteiger partial charge in [-0.1, -0.05) is 41.9 Å². The highest BCUT2D eigenvalue weighted by Gasteiger charge is 2.46. The van der Waals surface area contributed by atoms with Crippen LogP contribution in [-0.4, -0.2) is 21.7 Å². The molecule has 5 nitrogen and oxygen atoms in total. The summed E-state index contributed by atoms with van der Waals surface area (Å²) in [6.45, 7) is 0.120. The van der Waals surface area contributed by atoms with Gasteiger partial charge in [-0.25, -0.2) is 0 Å². The van der Waals surface area contributed by atoms with E-state index in [1.54, 1.807) is 36.4 Å². The molecular weight excluding hydrogens is 378 g/mol. The van der Waals surface area contributed by atoms with Crippen molar-refractivity contribution < 1.29 is 19.1 Å². The SMILES string of the molecule is O=C1C(=O)N(Cc2ccco2)C(c2ccccc2)/C1=C(/O)c1ccc(Cl)cc1. The van der Waals surface area contributed by atoms with Gasteiger partial charge < -0.3 is 14.4 Å². The van der Waals surface area contributed by atoms with Gasteiger partial charge in [0, 0.05) is 10.6 Å². The molecule has 2 heterocycles. The number of amides is 1. The van der Waals surface area contributed by atoms with Crippen LogP contribution in [0.25, 0.3) is 5.76 Å². The second-order valence-electron chi connectivity index (χ2n) is 6.42. The second kappa shape index (κ2) is 7.37. The minimum Gasteiger partial charge on any atom is -0.507 e. The number of carbonyl (C=O) groups is 2. The molecule has 0 bridgehead atoms. The van der Waals surface area contributed by atoms with Crippen molar-refractivity contribution in [1.29, 1.82) is 0 Å². The van der Waals surface area contributed by atoms with E-state index >= 15 is 0 Å². The van der Waals surface area contributed by atoms with Crippen LogP contribution in [0.4, 0.5) is 0 Å². The van der Waals surface area contributed by atoms with E-state index in [9.17, 15) is 14.7 Å². The lowest BCUT2D eigenvalue weighted by atomic mass is 9.95. The van der Waals surface area contributed by atoms with Crippen molar-refractivity contribution in [2.75, 3.05) is 0 Å². The first-order chi connectivity index (χ1) is 13.6. The highest BCUT2D eigenvalue weighted by Crippen LogP contribution is 2.40. The topological polar surface area (TPSA) is 70.8 Å². The molecule has 1 fully saturated rings. The molecule has 0 saturated carbocycles. The minimum atomic E-state index is -0.729. The van der Waals surface area contributed by atoms with E-state index < -0.39 is 17.7 Å². The number of halogens is 1. The molecule has 28 heavy (non-hydrogen) atoms. The molecule has 1 aliphatic heterocycles. The first-order valence-electron chi connectivity index (χ1n) is 8.68. The average Bonchev–Trinajstić information content (AvgIpc) is 3.31. The normalized spacial score (nSPS) is 18.6. The monoisotopic (exact) mass is 393 g/mol. The fourth-order valence-corrected chi connectivity index (χ4v) is 3.48. The summed E-state index contributed by atoms with van der Waals surface area (Å²) in [5.41, 5.74) is 1.19. The fourth-order valence-electron chi connectivity index (χ4n) is 3.36. The van der Waals surface area contributed by atoms with Gasteiger partial charge in [0.05, 0.1) is 24.4 Å². The number of benzene rings is 2. The zero-order valence-corrected chi connectivity index (χ0v) is 15.5. The van der Waals surface area contributed by atoms with E-state index in [1.807, 2.05) is 30.3 Å². The number of rotatable bonds is 4. The minimum absolute atomic E-state index is 0.0464. The Morgan fingerprint density at radius 2 is 1.71 bits per heavy atom. The van der Waals surface area contributed by atoms with Crippen molar-refractivity contribution in [2.45, 2.75) is 12.6 Å². The lowest BCUT2D eigenvalue weighted by Crippen LogP contribution is -2.29. The van der Waals surface area contributed by atoms with Crippen LogP contribution in [0.1, 0.15) is 22.9 Å². The Kier molecular flexibility index (Phi) is 4.75. The zero-order valence-electron chi connectivity index (χ0n) is 14.7. The molecule has 0 aliphatic carbocycles. The van der Waals surface area contributed by atoms with Crippen LogP contribution in [0.15, 0.2) is 83.0 Å². The molecule has 1 atom stereocenters. The summed E-state index contributed by atoms with van der Waals surface area (Å²) < 4.78 is 5.36. The number of aliphatic hydroxyl groups is 1. The van der Waals surface area contributed by atoms with Crippen LogP contribution in [0.3, 0.4) is 0 Å². The number of hydrogen-bond acceptors (Lipinski definition) is 4. The Labute approximate surface area is 166 Å². The van der Waals surface area contributed by atoms with Crippen LogP contribution in [0.5, 0.6) is 0 Å². The average molecular weight is 394 g/mol. The molecule has 1 saturated heterocycles. The van der Waals surface area contributed by atoms with E-state index in [-0.39, 0.29) is 17.9 Å². The van der Waals surface area contributed by atoms with Crippen LogP contribution in [-0.2, 0) is 16.1 Å². The molecular formula is C22H16ClNO4. The van der Waals surface area contributed by atoms with Crippen molar-refractivity contribution in [3.05, 3.63) is 100 Å². The number of aliphatic hydroxyl groups excluding tert-OH is 1. The molecule has 3 aromatic rings. The number of hydrogen-bond donors (Lipinski definition) is 1. The number of furan rings is 1. The van der Waals surface area contributed by atoms with E-state index in [1.165, 1.54) is 11.2 Å². The summed E-state index contributed by atoms with van der Waals surface area (Å²) in [5.74, 6) is -1.09. The van der Waals surface area contributed by atoms with E-state index in [4.69, 9.17) is 16.0 Å². The third kappa shape index (κ3) is 3.21. The molecule has 0 spiro atoms. The zero-order chi connectivity index (χ0) is 19.7. The molecule has 4 rings (SSSR count). The van der Waals surface area contributed by atoms with Crippen molar-refractivity contribution in [3.63, 3.8) is 0 Å². The van der Waals surface area contributed by atoms with Gasteiger partial charge in [-0.15, -0.1) is 0 Å². The second-order valence-corrected chi connectivity index (χ2v) is 6.86. The molecule has 1 aromatic heterocycles. The summed E-state index contributed by atoms with van der Waals surface area (Å²) in [7, 11) is 0. The number of Topliss-reactive ketones (excluding diaryl/α,β-unsaturated/α-hetero) is 1. The Hall–Kier alpha value is -3.31. The number of carbonyl (C=O) groups excluding carboxylic acids is 2. The van der Waals surface area contributed by atoms with Crippen LogP contribution in [0.2, 0.25) is 5.02 Å². The summed E-state index contributed by atoms with van der Waals surface area (Å²) >= 11 is 5.92. The Bertz CT molecular complexity index is 1040. The largest absolute Gasteiger partial charge is 0.507 e. The predicted molar refractivity (Wildman–Crippen MR) is 104 cm³/mol. The van der Waals surface area contributed by atoms with Gasteiger partial charge in [0.25, 0.3) is 11.7 Å². The van der Waals surface area contributed by atoms with Gasteiger partial charge in [-0.05, 0) is 42.0 Å². The molecule has 140 valence electrons. The van der Waals surface area contributed by atoms with Crippen LogP contribution >= 0.6 is 11.6 Å². The third-order valence-corrected chi connectivity index (χ3v) is 4.93. The number of likely N-dealkylation sites (tertiary alicyclic amines) is 1. The predicted octanol–water partition coefficient (Wildman–Crippen LogP) is 4.55. The standard InChI is InChI=1S/C22H16ClNO4/c23-16-10-8-15(9-11-16)20(25)18-19(14-5-2-1-3-6-14)24(22(27)21(18)26)13-17-7-4-12-28-17/h1-12,19,25H,13H2/b20-18-. The van der Waals surface area contributed by atoms with Gasteiger partial charge in [0.1, 0.15) is 11.5 Å². The maximum Gasteiger partial charge on any atom is 0.296 e. The highest BCUT2D eigenvalue weighted by atomic mass is 35.5. The maximum absolute atomic E-state index is 12.8. The Balaban J connectivity index is 1.85. The Morgan fingerprint density at radius 3 is 2.36 bits per heavy atom. The highest BCUT2D eigenvalue weighted by molar-refractivity contribution is 6.46. The Morgan fingerprint density at radius 1 is 1.00 bits per heavy atom. The van der Waals surface area contributed by atoms with Gasteiger partial charge in [0.15, 0.2) is 0 Å². The van der Waals surface area contributed by atoms with Gasteiger partial charge >= 0.3 is 0 Å². The molecule has 1 amide bonds. The van der Waals surface area contributed by atoms with E-state index in [0.717, 1.165) is 5.56 Å². The lowest BCUT2D eigenvalue weighted by molar-refractivity contribution is -0.140. The number of ketones is 1. The molecule has 6 heteroatoms. The lowest BCUT2D eigenvalue weighted by Gasteiger charge is -2.24. The smallest absolute Gasteiger partial charge is 0.296 e. The molecule has 0 radical (unpaired) electrons. The van der Waals surface area contributed by atoms with Gasteiger partial charge in [-0.2, -0.15) is 0 Å². The third-order valence-electron chi connectivity index (χ3n) is 4.68. The number of nitrogens with zero attached hydrogens (tertiary/aromatic N) is 1. The summed E-state index contributed by atoms with van der Waals surface area (Å²) in [4.78, 5) is 27.0. The summed E-state index contributed by atoms with van der Waals surface area (Å²) in [6, 6.07) is 18.3. The van der Waals surface area contributed by atoms with Crippen LogP contribution < -0.4 is 0 Å². The molecule has 2 aromatic carbocycles. The molecule has 1 aliphatic rings. The fraction of sp³-hybridized carbons (Fsp3) is 0.0909. The first kappa shape index (κ1) is 18.1. The molecule has 1 unspecified atom stereocenters. The maximum atomic E-state index is 12.8. The summed E-state index contributed by atoms with van der Waals surface area (Å²) in [6.07, 6.45) is 1.51. The van der Waals surface area contributed by atoms with Crippen molar-refractivity contribution in [2.24, 2.45) is 0 Å². The van der Waals surface area contributed by atoms with E-state index in [2.05, 4.69) is 0 Å². The summed E-state index contributed by atoms with van der Waals surface area (Å²) in [5, 5.41) is 11.4. The van der Waals surface area contributed by atoms with Gasteiger partial charge in [-0.3, -0.25) is 9.59 Å².